The van der Waals surface area contributed by atoms with Crippen molar-refractivity contribution in [3.63, 3.8) is 0 Å². The summed E-state index contributed by atoms with van der Waals surface area (Å²) < 4.78 is 11.6. The van der Waals surface area contributed by atoms with Crippen LogP contribution in [0.2, 0.25) is 0 Å². The number of hydrogen-bond acceptors (Lipinski definition) is 8. The maximum absolute atomic E-state index is 13.4. The number of morpholine rings is 1. The Morgan fingerprint density at radius 1 is 1.28 bits per heavy atom. The van der Waals surface area contributed by atoms with Gasteiger partial charge in [-0.1, -0.05) is 17.4 Å². The van der Waals surface area contributed by atoms with Crippen LogP contribution in [-0.4, -0.2) is 67.2 Å². The lowest BCUT2D eigenvalue weighted by molar-refractivity contribution is -0.384. The number of anilines is 1. The summed E-state index contributed by atoms with van der Waals surface area (Å²) in [6, 6.07) is 11.4. The van der Waals surface area contributed by atoms with Gasteiger partial charge >= 0.3 is 0 Å². The van der Waals surface area contributed by atoms with Gasteiger partial charge in [-0.3, -0.25) is 24.7 Å². The van der Waals surface area contributed by atoms with E-state index in [1.165, 1.54) is 29.5 Å². The number of methoxy groups -OCH3 is 1. The summed E-state index contributed by atoms with van der Waals surface area (Å²) in [6.07, 6.45) is 0.750. The van der Waals surface area contributed by atoms with E-state index in [-0.39, 0.29) is 17.2 Å². The van der Waals surface area contributed by atoms with Gasteiger partial charge in [0.25, 0.3) is 11.6 Å². The molecule has 0 N–H and O–H groups in total. The smallest absolute Gasteiger partial charge is 0.270 e. The fourth-order valence-corrected chi connectivity index (χ4v) is 4.58. The number of nitrogens with zero attached hydrogens (tertiary/aromatic N) is 4. The van der Waals surface area contributed by atoms with Crippen LogP contribution >= 0.6 is 11.3 Å². The Labute approximate surface area is 189 Å². The third-order valence-electron chi connectivity index (χ3n) is 5.32. The third-order valence-corrected chi connectivity index (χ3v) is 6.38. The van der Waals surface area contributed by atoms with Gasteiger partial charge in [0, 0.05) is 49.9 Å². The molecule has 0 radical (unpaired) electrons. The molecule has 0 aliphatic carbocycles. The van der Waals surface area contributed by atoms with Crippen LogP contribution in [0.25, 0.3) is 10.2 Å². The van der Waals surface area contributed by atoms with Gasteiger partial charge < -0.3 is 9.47 Å². The summed E-state index contributed by atoms with van der Waals surface area (Å²) in [5.74, 6) is 0.389. The van der Waals surface area contributed by atoms with Crippen LogP contribution in [-0.2, 0) is 4.74 Å². The number of amides is 1. The lowest BCUT2D eigenvalue weighted by atomic mass is 10.1. The number of fused-ring (bicyclic) bond motifs is 1. The number of carbonyl (C=O) groups excluding carboxylic acids is 1. The monoisotopic (exact) mass is 456 g/mol. The first-order valence-electron chi connectivity index (χ1n) is 10.4. The molecule has 1 fully saturated rings. The van der Waals surface area contributed by atoms with Gasteiger partial charge in [0.05, 0.1) is 35.5 Å². The highest BCUT2D eigenvalue weighted by molar-refractivity contribution is 7.22. The largest absolute Gasteiger partial charge is 0.497 e. The van der Waals surface area contributed by atoms with E-state index in [0.29, 0.717) is 17.4 Å². The highest BCUT2D eigenvalue weighted by atomic mass is 32.1. The Kier molecular flexibility index (Phi) is 6.93. The van der Waals surface area contributed by atoms with E-state index >= 15 is 0 Å². The van der Waals surface area contributed by atoms with Crippen molar-refractivity contribution in [1.82, 2.24) is 9.88 Å². The number of thiazole rings is 1. The van der Waals surface area contributed by atoms with Gasteiger partial charge in [-0.25, -0.2) is 4.98 Å². The molecule has 168 valence electrons. The first kappa shape index (κ1) is 22.1. The average molecular weight is 457 g/mol. The van der Waals surface area contributed by atoms with Crippen molar-refractivity contribution in [2.45, 2.75) is 6.42 Å². The first-order valence-corrected chi connectivity index (χ1v) is 11.2. The zero-order valence-corrected chi connectivity index (χ0v) is 18.5. The minimum atomic E-state index is -0.497. The molecule has 32 heavy (non-hydrogen) atoms. The highest BCUT2D eigenvalue weighted by Gasteiger charge is 2.23. The highest BCUT2D eigenvalue weighted by Crippen LogP contribution is 2.32. The Morgan fingerprint density at radius 2 is 2.09 bits per heavy atom. The van der Waals surface area contributed by atoms with E-state index in [0.717, 1.165) is 49.5 Å². The van der Waals surface area contributed by atoms with E-state index in [2.05, 4.69) is 9.88 Å². The summed E-state index contributed by atoms with van der Waals surface area (Å²) in [5, 5.41) is 11.7. The molecule has 0 saturated carbocycles. The van der Waals surface area contributed by atoms with E-state index < -0.39 is 4.92 Å². The van der Waals surface area contributed by atoms with E-state index in [1.807, 2.05) is 18.2 Å². The second-order valence-corrected chi connectivity index (χ2v) is 8.41. The lowest BCUT2D eigenvalue weighted by Crippen LogP contribution is -2.39. The summed E-state index contributed by atoms with van der Waals surface area (Å²) in [4.78, 5) is 32.7. The molecule has 1 saturated heterocycles. The predicted octanol–water partition coefficient (Wildman–Crippen LogP) is 3.58. The Morgan fingerprint density at radius 3 is 2.84 bits per heavy atom. The van der Waals surface area contributed by atoms with Gasteiger partial charge in [-0.05, 0) is 24.6 Å². The van der Waals surface area contributed by atoms with Crippen LogP contribution in [0.1, 0.15) is 16.8 Å². The molecule has 0 unspecified atom stereocenters. The van der Waals surface area contributed by atoms with Gasteiger partial charge in [-0.15, -0.1) is 0 Å². The summed E-state index contributed by atoms with van der Waals surface area (Å²) in [6.45, 7) is 4.47. The minimum absolute atomic E-state index is 0.113. The number of ether oxygens (including phenoxy) is 2. The van der Waals surface area contributed by atoms with Gasteiger partial charge in [-0.2, -0.15) is 0 Å². The molecule has 1 aromatic heterocycles. The fourth-order valence-electron chi connectivity index (χ4n) is 3.61. The molecule has 4 rings (SSSR count). The number of carbonyl (C=O) groups is 1. The molecule has 3 aromatic rings. The van der Waals surface area contributed by atoms with Crippen molar-refractivity contribution in [2.75, 3.05) is 51.4 Å². The Balaban J connectivity index is 1.60. The maximum atomic E-state index is 13.4. The van der Waals surface area contributed by atoms with Crippen molar-refractivity contribution in [1.29, 1.82) is 0 Å². The van der Waals surface area contributed by atoms with Gasteiger partial charge in [0.1, 0.15) is 5.75 Å². The van der Waals surface area contributed by atoms with Crippen molar-refractivity contribution in [3.05, 3.63) is 58.1 Å². The number of hydrogen-bond donors (Lipinski definition) is 0. The molecule has 10 heteroatoms. The molecule has 1 amide bonds. The van der Waals surface area contributed by atoms with Crippen LogP contribution in [0.15, 0.2) is 42.5 Å². The molecular formula is C22H24N4O5S. The zero-order valence-electron chi connectivity index (χ0n) is 17.7. The number of benzene rings is 2. The minimum Gasteiger partial charge on any atom is -0.497 e. The quantitative estimate of drug-likeness (QED) is 0.377. The van der Waals surface area contributed by atoms with E-state index in [9.17, 15) is 14.9 Å². The molecule has 0 atom stereocenters. The topological polar surface area (TPSA) is 98.0 Å². The predicted molar refractivity (Wildman–Crippen MR) is 123 cm³/mol. The molecule has 0 spiro atoms. The standard InChI is InChI=1S/C22H24N4O5S/c1-30-18-6-7-20-19(15-18)23-22(32-20)25(9-3-8-24-10-12-31-13-11-24)21(27)16-4-2-5-17(14-16)26(28)29/h2,4-7,14-15H,3,8-13H2,1H3. The van der Waals surface area contributed by atoms with Crippen LogP contribution in [0.3, 0.4) is 0 Å². The van der Waals surface area contributed by atoms with Gasteiger partial charge in [0.2, 0.25) is 0 Å². The average Bonchev–Trinajstić information content (AvgIpc) is 3.25. The number of aromatic nitrogens is 1. The molecule has 2 heterocycles. The molecule has 1 aliphatic rings. The first-order chi connectivity index (χ1) is 15.5. The summed E-state index contributed by atoms with van der Waals surface area (Å²) in [7, 11) is 1.60. The lowest BCUT2D eigenvalue weighted by Gasteiger charge is -2.27. The second kappa shape index (κ2) is 10.0. The van der Waals surface area contributed by atoms with Crippen LogP contribution in [0, 0.1) is 10.1 Å². The number of nitro groups is 1. The number of rotatable bonds is 8. The fraction of sp³-hybridized carbons (Fsp3) is 0.364. The van der Waals surface area contributed by atoms with Crippen LogP contribution < -0.4 is 9.64 Å². The molecule has 9 nitrogen and oxygen atoms in total. The number of nitro benzene ring substituents is 1. The SMILES string of the molecule is COc1ccc2sc(N(CCCN3CCOCC3)C(=O)c3cccc([N+](=O)[O-])c3)nc2c1. The molecule has 2 aromatic carbocycles. The van der Waals surface area contributed by atoms with Crippen LogP contribution in [0.5, 0.6) is 5.75 Å². The maximum Gasteiger partial charge on any atom is 0.270 e. The van der Waals surface area contributed by atoms with E-state index in [4.69, 9.17) is 9.47 Å². The normalized spacial score (nSPS) is 14.4. The summed E-state index contributed by atoms with van der Waals surface area (Å²) >= 11 is 1.42. The van der Waals surface area contributed by atoms with Crippen LogP contribution in [0.4, 0.5) is 10.8 Å². The Bertz CT molecular complexity index is 1110. The second-order valence-electron chi connectivity index (χ2n) is 7.40. The van der Waals surface area contributed by atoms with Crippen molar-refractivity contribution >= 4 is 38.3 Å². The van der Waals surface area contributed by atoms with Crippen molar-refractivity contribution in [3.8, 4) is 5.75 Å². The summed E-state index contributed by atoms with van der Waals surface area (Å²) in [5.41, 5.74) is 0.898. The van der Waals surface area contributed by atoms with Gasteiger partial charge in [0.15, 0.2) is 5.13 Å². The number of non-ortho nitro benzene ring substituents is 1. The molecular weight excluding hydrogens is 432 g/mol. The third kappa shape index (κ3) is 5.04. The Hall–Kier alpha value is -3.08. The van der Waals surface area contributed by atoms with E-state index in [1.54, 1.807) is 18.1 Å². The zero-order chi connectivity index (χ0) is 22.5. The molecule has 0 bridgehead atoms. The molecule has 1 aliphatic heterocycles. The van der Waals surface area contributed by atoms with Crippen molar-refractivity contribution in [2.24, 2.45) is 0 Å². The van der Waals surface area contributed by atoms with Crippen molar-refractivity contribution < 1.29 is 19.2 Å².